The number of carbonyl (C=O) groups is 1. The summed E-state index contributed by atoms with van der Waals surface area (Å²) in [5.74, 6) is -0.589. The number of anilines is 1. The van der Waals surface area contributed by atoms with Crippen molar-refractivity contribution in [3.8, 4) is 0 Å². The van der Waals surface area contributed by atoms with E-state index in [0.29, 0.717) is 38.2 Å². The van der Waals surface area contributed by atoms with Crippen molar-refractivity contribution in [3.05, 3.63) is 29.0 Å². The van der Waals surface area contributed by atoms with E-state index in [1.165, 1.54) is 12.1 Å². The zero-order valence-electron chi connectivity index (χ0n) is 12.7. The van der Waals surface area contributed by atoms with Gasteiger partial charge in [-0.3, -0.25) is 4.79 Å². The number of hydrogen-bond donors (Lipinski definition) is 2. The molecule has 4 nitrogen and oxygen atoms in total. The number of carbonyl (C=O) groups excluding carboxylic acids is 1. The summed E-state index contributed by atoms with van der Waals surface area (Å²) in [6.45, 7) is 1.68. The van der Waals surface area contributed by atoms with E-state index in [-0.39, 0.29) is 10.9 Å². The lowest BCUT2D eigenvalue weighted by molar-refractivity contribution is -0.138. The number of hydrogen-bond acceptors (Lipinski definition) is 3. The van der Waals surface area contributed by atoms with Gasteiger partial charge in [0.25, 0.3) is 0 Å². The van der Waals surface area contributed by atoms with Crippen LogP contribution in [0.3, 0.4) is 0 Å². The van der Waals surface area contributed by atoms with E-state index in [1.54, 1.807) is 11.0 Å². The Hall–Kier alpha value is -1.40. The molecule has 2 fully saturated rings. The molecular formula is C16H20ClF2N3O. The lowest BCUT2D eigenvalue weighted by Crippen LogP contribution is -2.59. The van der Waals surface area contributed by atoms with Crippen LogP contribution in [0.5, 0.6) is 0 Å². The van der Waals surface area contributed by atoms with Crippen LogP contribution in [0, 0.1) is 5.82 Å². The SMILES string of the molecule is O=C1C(Nc2cc(F)cc(Cl)c2)CCCN1C1CNCCC1F. The highest BCUT2D eigenvalue weighted by atomic mass is 35.5. The summed E-state index contributed by atoms with van der Waals surface area (Å²) in [5, 5.41) is 6.45. The Balaban J connectivity index is 1.71. The molecule has 0 spiro atoms. The van der Waals surface area contributed by atoms with E-state index in [0.717, 1.165) is 6.42 Å². The van der Waals surface area contributed by atoms with Crippen molar-refractivity contribution in [1.82, 2.24) is 10.2 Å². The number of piperidine rings is 2. The Labute approximate surface area is 139 Å². The number of nitrogens with zero attached hydrogens (tertiary/aromatic N) is 1. The molecule has 3 atom stereocenters. The van der Waals surface area contributed by atoms with Crippen LogP contribution in [0.2, 0.25) is 5.02 Å². The molecule has 0 aromatic heterocycles. The number of halogens is 3. The normalized spacial score (nSPS) is 28.7. The van der Waals surface area contributed by atoms with Gasteiger partial charge in [0.2, 0.25) is 5.91 Å². The molecule has 2 saturated heterocycles. The van der Waals surface area contributed by atoms with Gasteiger partial charge in [-0.25, -0.2) is 8.78 Å². The lowest BCUT2D eigenvalue weighted by atomic mass is 9.97. The minimum atomic E-state index is -0.998. The number of nitrogens with one attached hydrogen (secondary N) is 2. The topological polar surface area (TPSA) is 44.4 Å². The number of amides is 1. The molecule has 0 bridgehead atoms. The molecule has 3 rings (SSSR count). The number of alkyl halides is 1. The molecule has 23 heavy (non-hydrogen) atoms. The average molecular weight is 344 g/mol. The second kappa shape index (κ2) is 7.01. The smallest absolute Gasteiger partial charge is 0.245 e. The quantitative estimate of drug-likeness (QED) is 0.886. The fourth-order valence-corrected chi connectivity index (χ4v) is 3.54. The maximum absolute atomic E-state index is 14.1. The van der Waals surface area contributed by atoms with Crippen LogP contribution in [0.15, 0.2) is 18.2 Å². The van der Waals surface area contributed by atoms with Gasteiger partial charge in [-0.2, -0.15) is 0 Å². The average Bonchev–Trinajstić information content (AvgIpc) is 2.49. The van der Waals surface area contributed by atoms with Gasteiger partial charge in [0, 0.05) is 23.8 Å². The van der Waals surface area contributed by atoms with Crippen LogP contribution in [0.4, 0.5) is 14.5 Å². The molecule has 1 aromatic rings. The predicted octanol–water partition coefficient (Wildman–Crippen LogP) is 2.58. The second-order valence-corrected chi connectivity index (χ2v) is 6.54. The maximum Gasteiger partial charge on any atom is 0.245 e. The Morgan fingerprint density at radius 1 is 1.30 bits per heavy atom. The molecule has 2 aliphatic rings. The standard InChI is InChI=1S/C16H20ClF2N3O/c17-10-6-11(18)8-12(7-10)21-14-2-1-5-22(16(14)23)15-9-20-4-3-13(15)19/h6-8,13-15,20-21H,1-5,9H2. The first-order chi connectivity index (χ1) is 11.0. The molecule has 7 heteroatoms. The summed E-state index contributed by atoms with van der Waals surface area (Å²) in [5.41, 5.74) is 0.466. The van der Waals surface area contributed by atoms with Crippen LogP contribution >= 0.6 is 11.6 Å². The van der Waals surface area contributed by atoms with Crippen molar-refractivity contribution >= 4 is 23.2 Å². The molecule has 2 heterocycles. The third kappa shape index (κ3) is 3.75. The predicted molar refractivity (Wildman–Crippen MR) is 85.9 cm³/mol. The molecule has 0 radical (unpaired) electrons. The van der Waals surface area contributed by atoms with Gasteiger partial charge in [0.1, 0.15) is 18.0 Å². The van der Waals surface area contributed by atoms with Gasteiger partial charge in [-0.1, -0.05) is 11.6 Å². The molecule has 2 N–H and O–H groups in total. The van der Waals surface area contributed by atoms with E-state index < -0.39 is 24.1 Å². The number of benzene rings is 1. The first kappa shape index (κ1) is 16.5. The minimum absolute atomic E-state index is 0.131. The highest BCUT2D eigenvalue weighted by molar-refractivity contribution is 6.30. The summed E-state index contributed by atoms with van der Waals surface area (Å²) in [6.07, 6.45) is 0.852. The van der Waals surface area contributed by atoms with Gasteiger partial charge in [0.15, 0.2) is 0 Å². The molecule has 3 unspecified atom stereocenters. The van der Waals surface area contributed by atoms with Gasteiger partial charge in [-0.15, -0.1) is 0 Å². The molecule has 126 valence electrons. The van der Waals surface area contributed by atoms with Crippen molar-refractivity contribution in [1.29, 1.82) is 0 Å². The molecular weight excluding hydrogens is 324 g/mol. The minimum Gasteiger partial charge on any atom is -0.374 e. The maximum atomic E-state index is 14.1. The molecule has 1 amide bonds. The van der Waals surface area contributed by atoms with Crippen molar-refractivity contribution in [2.24, 2.45) is 0 Å². The highest BCUT2D eigenvalue weighted by Crippen LogP contribution is 2.25. The monoisotopic (exact) mass is 343 g/mol. The summed E-state index contributed by atoms with van der Waals surface area (Å²) in [4.78, 5) is 14.3. The van der Waals surface area contributed by atoms with Gasteiger partial charge in [0.05, 0.1) is 6.04 Å². The Morgan fingerprint density at radius 2 is 2.13 bits per heavy atom. The molecule has 0 saturated carbocycles. The first-order valence-corrected chi connectivity index (χ1v) is 8.30. The molecule has 1 aromatic carbocycles. The third-order valence-electron chi connectivity index (χ3n) is 4.44. The van der Waals surface area contributed by atoms with Crippen LogP contribution in [-0.4, -0.2) is 48.7 Å². The van der Waals surface area contributed by atoms with E-state index in [9.17, 15) is 13.6 Å². The summed E-state index contributed by atoms with van der Waals surface area (Å²) in [7, 11) is 0. The van der Waals surface area contributed by atoms with Gasteiger partial charge < -0.3 is 15.5 Å². The first-order valence-electron chi connectivity index (χ1n) is 7.92. The Bertz CT molecular complexity index is 566. The fraction of sp³-hybridized carbons (Fsp3) is 0.562. The summed E-state index contributed by atoms with van der Waals surface area (Å²) in [6, 6.07) is 3.20. The van der Waals surface area contributed by atoms with Crippen LogP contribution in [0.1, 0.15) is 19.3 Å². The fourth-order valence-electron chi connectivity index (χ4n) is 3.32. The Kier molecular flexibility index (Phi) is 5.02. The molecule has 2 aliphatic heterocycles. The number of likely N-dealkylation sites (tertiary alicyclic amines) is 1. The van der Waals surface area contributed by atoms with Crippen molar-refractivity contribution in [2.75, 3.05) is 25.0 Å². The van der Waals surface area contributed by atoms with Gasteiger partial charge in [-0.05, 0) is 44.0 Å². The van der Waals surface area contributed by atoms with Crippen LogP contribution in [-0.2, 0) is 4.79 Å². The van der Waals surface area contributed by atoms with E-state index in [4.69, 9.17) is 11.6 Å². The van der Waals surface area contributed by atoms with Crippen LogP contribution < -0.4 is 10.6 Å². The van der Waals surface area contributed by atoms with Crippen molar-refractivity contribution in [2.45, 2.75) is 37.5 Å². The summed E-state index contributed by atoms with van der Waals surface area (Å²) >= 11 is 5.84. The van der Waals surface area contributed by atoms with E-state index in [2.05, 4.69) is 10.6 Å². The zero-order valence-corrected chi connectivity index (χ0v) is 13.5. The number of rotatable bonds is 3. The van der Waals surface area contributed by atoms with Crippen LogP contribution in [0.25, 0.3) is 0 Å². The molecule has 0 aliphatic carbocycles. The largest absolute Gasteiger partial charge is 0.374 e. The Morgan fingerprint density at radius 3 is 2.87 bits per heavy atom. The van der Waals surface area contributed by atoms with Gasteiger partial charge >= 0.3 is 0 Å². The van der Waals surface area contributed by atoms with E-state index >= 15 is 0 Å². The van der Waals surface area contributed by atoms with Crippen molar-refractivity contribution in [3.63, 3.8) is 0 Å². The van der Waals surface area contributed by atoms with E-state index in [1.807, 2.05) is 0 Å². The summed E-state index contributed by atoms with van der Waals surface area (Å²) < 4.78 is 27.6. The third-order valence-corrected chi connectivity index (χ3v) is 4.66. The highest BCUT2D eigenvalue weighted by Gasteiger charge is 2.38. The zero-order chi connectivity index (χ0) is 16.4. The van der Waals surface area contributed by atoms with Crippen molar-refractivity contribution < 1.29 is 13.6 Å². The lowest BCUT2D eigenvalue weighted by Gasteiger charge is -2.41. The second-order valence-electron chi connectivity index (χ2n) is 6.11.